The second-order valence-electron chi connectivity index (χ2n) is 6.12. The minimum atomic E-state index is -1.27. The number of hydrogen-bond donors (Lipinski definition) is 1. The van der Waals surface area contributed by atoms with E-state index < -0.39 is 6.16 Å². The lowest BCUT2D eigenvalue weighted by molar-refractivity contribution is 0.142. The molecule has 1 heterocycles. The maximum Gasteiger partial charge on any atom is 0.511 e. The molecule has 1 aliphatic rings. The molecule has 2 aromatic rings. The minimum absolute atomic E-state index is 0.209. The van der Waals surface area contributed by atoms with Crippen LogP contribution in [0.4, 0.5) is 4.79 Å². The van der Waals surface area contributed by atoms with Gasteiger partial charge in [-0.15, -0.1) is 0 Å². The van der Waals surface area contributed by atoms with Crippen LogP contribution in [0.15, 0.2) is 54.6 Å². The van der Waals surface area contributed by atoms with Gasteiger partial charge < -0.3 is 14.7 Å². The molecule has 4 heteroatoms. The summed E-state index contributed by atoms with van der Waals surface area (Å²) in [4.78, 5) is 13.4. The van der Waals surface area contributed by atoms with Crippen molar-refractivity contribution in [2.75, 3.05) is 20.1 Å². The predicted octanol–water partition coefficient (Wildman–Crippen LogP) is 3.76. The molecule has 0 aliphatic carbocycles. The Hall–Kier alpha value is -2.33. The Morgan fingerprint density at radius 3 is 2.30 bits per heavy atom. The molecule has 0 atom stereocenters. The first-order chi connectivity index (χ1) is 11.1. The third-order valence-corrected chi connectivity index (χ3v) is 4.77. The summed E-state index contributed by atoms with van der Waals surface area (Å²) in [7, 11) is 2.12. The van der Waals surface area contributed by atoms with E-state index in [9.17, 15) is 4.79 Å². The van der Waals surface area contributed by atoms with Crippen LogP contribution in [0.1, 0.15) is 24.0 Å². The van der Waals surface area contributed by atoms with Crippen molar-refractivity contribution in [3.63, 3.8) is 0 Å². The molecule has 0 bridgehead atoms. The molecule has 1 aliphatic heterocycles. The van der Waals surface area contributed by atoms with Crippen LogP contribution >= 0.6 is 0 Å². The molecule has 1 saturated heterocycles. The average molecular weight is 311 g/mol. The molecular formula is C19H21NO3. The molecule has 0 aromatic heterocycles. The van der Waals surface area contributed by atoms with Crippen LogP contribution in [0.5, 0.6) is 5.75 Å². The van der Waals surface area contributed by atoms with Crippen LogP contribution in [0.25, 0.3) is 0 Å². The lowest BCUT2D eigenvalue weighted by atomic mass is 9.68. The summed E-state index contributed by atoms with van der Waals surface area (Å²) >= 11 is 0. The van der Waals surface area contributed by atoms with Crippen LogP contribution in [-0.2, 0) is 5.41 Å². The third-order valence-electron chi connectivity index (χ3n) is 4.77. The van der Waals surface area contributed by atoms with E-state index in [1.807, 2.05) is 36.4 Å². The van der Waals surface area contributed by atoms with Gasteiger partial charge in [-0.2, -0.15) is 0 Å². The van der Waals surface area contributed by atoms with Gasteiger partial charge in [0.2, 0.25) is 0 Å². The highest BCUT2D eigenvalue weighted by atomic mass is 16.7. The van der Waals surface area contributed by atoms with Crippen LogP contribution in [0, 0.1) is 0 Å². The lowest BCUT2D eigenvalue weighted by Crippen LogP contribution is -2.41. The molecule has 120 valence electrons. The fraction of sp³-hybridized carbons (Fsp3) is 0.316. The number of nitrogens with zero attached hydrogens (tertiary/aromatic N) is 1. The van der Waals surface area contributed by atoms with Crippen molar-refractivity contribution in [3.05, 3.63) is 65.7 Å². The molecule has 0 unspecified atom stereocenters. The first kappa shape index (κ1) is 15.6. The zero-order valence-electron chi connectivity index (χ0n) is 13.2. The molecule has 23 heavy (non-hydrogen) atoms. The van der Waals surface area contributed by atoms with E-state index in [1.165, 1.54) is 5.56 Å². The van der Waals surface area contributed by atoms with Gasteiger partial charge in [0.05, 0.1) is 0 Å². The van der Waals surface area contributed by atoms with Crippen LogP contribution in [-0.4, -0.2) is 36.3 Å². The van der Waals surface area contributed by atoms with Gasteiger partial charge in [-0.05, 0) is 44.6 Å². The van der Waals surface area contributed by atoms with Crippen LogP contribution in [0.2, 0.25) is 0 Å². The molecule has 1 fully saturated rings. The van der Waals surface area contributed by atoms with E-state index >= 15 is 0 Å². The molecule has 2 aromatic carbocycles. The van der Waals surface area contributed by atoms with E-state index in [1.54, 1.807) is 6.07 Å². The number of hydrogen-bond acceptors (Lipinski definition) is 3. The van der Waals surface area contributed by atoms with E-state index in [0.717, 1.165) is 31.5 Å². The third kappa shape index (κ3) is 3.08. The van der Waals surface area contributed by atoms with Gasteiger partial charge in [-0.1, -0.05) is 48.5 Å². The largest absolute Gasteiger partial charge is 0.511 e. The fourth-order valence-corrected chi connectivity index (χ4v) is 3.52. The highest BCUT2D eigenvalue weighted by Crippen LogP contribution is 2.45. The quantitative estimate of drug-likeness (QED) is 0.693. The molecule has 0 saturated carbocycles. The first-order valence-corrected chi connectivity index (χ1v) is 7.86. The molecule has 0 amide bonds. The van der Waals surface area contributed by atoms with Crippen LogP contribution < -0.4 is 4.74 Å². The monoisotopic (exact) mass is 311 g/mol. The summed E-state index contributed by atoms with van der Waals surface area (Å²) in [5, 5.41) is 9.06. The molecule has 0 spiro atoms. The maximum atomic E-state index is 11.1. The Bertz CT molecular complexity index is 676. The van der Waals surface area contributed by atoms with E-state index in [4.69, 9.17) is 9.84 Å². The van der Waals surface area contributed by atoms with Gasteiger partial charge >= 0.3 is 6.16 Å². The normalized spacial score (nSPS) is 17.6. The Kier molecular flexibility index (Phi) is 4.35. The number of ether oxygens (including phenoxy) is 1. The van der Waals surface area contributed by atoms with Crippen molar-refractivity contribution < 1.29 is 14.6 Å². The standard InChI is InChI=1S/C19H21NO3/c1-20-13-11-19(12-14-20,15-7-3-2-4-8-15)16-9-5-6-10-17(16)23-18(21)22/h2-10H,11-14H2,1H3,(H,21,22). The van der Waals surface area contributed by atoms with E-state index in [2.05, 4.69) is 24.1 Å². The molecule has 0 radical (unpaired) electrons. The Balaban J connectivity index is 2.12. The van der Waals surface area contributed by atoms with E-state index in [-0.39, 0.29) is 5.41 Å². The second-order valence-corrected chi connectivity index (χ2v) is 6.12. The first-order valence-electron chi connectivity index (χ1n) is 7.86. The summed E-state index contributed by atoms with van der Waals surface area (Å²) in [5.41, 5.74) is 1.97. The smallest absolute Gasteiger partial charge is 0.449 e. The number of carbonyl (C=O) groups is 1. The second kappa shape index (κ2) is 6.42. The van der Waals surface area contributed by atoms with Crippen molar-refractivity contribution in [2.24, 2.45) is 0 Å². The van der Waals surface area contributed by atoms with Gasteiger partial charge in [-0.25, -0.2) is 4.79 Å². The predicted molar refractivity (Wildman–Crippen MR) is 89.0 cm³/mol. The number of likely N-dealkylation sites (tertiary alicyclic amines) is 1. The highest BCUT2D eigenvalue weighted by molar-refractivity contribution is 5.63. The number of rotatable bonds is 3. The van der Waals surface area contributed by atoms with Crippen molar-refractivity contribution in [2.45, 2.75) is 18.3 Å². The minimum Gasteiger partial charge on any atom is -0.449 e. The summed E-state index contributed by atoms with van der Waals surface area (Å²) in [6.07, 6.45) is 0.606. The molecule has 3 rings (SSSR count). The Labute approximate surface area is 136 Å². The zero-order chi connectivity index (χ0) is 16.3. The van der Waals surface area contributed by atoms with Crippen molar-refractivity contribution in [1.29, 1.82) is 0 Å². The summed E-state index contributed by atoms with van der Waals surface area (Å²) in [6, 6.07) is 17.8. The zero-order valence-corrected chi connectivity index (χ0v) is 13.2. The van der Waals surface area contributed by atoms with Gasteiger partial charge in [0.15, 0.2) is 0 Å². The van der Waals surface area contributed by atoms with Crippen molar-refractivity contribution >= 4 is 6.16 Å². The number of piperidine rings is 1. The lowest BCUT2D eigenvalue weighted by Gasteiger charge is -2.42. The van der Waals surface area contributed by atoms with Gasteiger partial charge in [0, 0.05) is 11.0 Å². The van der Waals surface area contributed by atoms with E-state index in [0.29, 0.717) is 5.75 Å². The fourth-order valence-electron chi connectivity index (χ4n) is 3.52. The Morgan fingerprint density at radius 1 is 1.04 bits per heavy atom. The number of benzene rings is 2. The molecular weight excluding hydrogens is 290 g/mol. The maximum absolute atomic E-state index is 11.1. The SMILES string of the molecule is CN1CCC(c2ccccc2)(c2ccccc2OC(=O)O)CC1. The van der Waals surface area contributed by atoms with Crippen molar-refractivity contribution in [1.82, 2.24) is 4.90 Å². The highest BCUT2D eigenvalue weighted by Gasteiger charge is 2.39. The molecule has 4 nitrogen and oxygen atoms in total. The summed E-state index contributed by atoms with van der Waals surface area (Å²) < 4.78 is 5.07. The van der Waals surface area contributed by atoms with Crippen molar-refractivity contribution in [3.8, 4) is 5.75 Å². The van der Waals surface area contributed by atoms with Gasteiger partial charge in [-0.3, -0.25) is 0 Å². The van der Waals surface area contributed by atoms with Gasteiger partial charge in [0.25, 0.3) is 0 Å². The summed E-state index contributed by atoms with van der Waals surface area (Å²) in [6.45, 7) is 1.94. The van der Waals surface area contributed by atoms with Gasteiger partial charge in [0.1, 0.15) is 5.75 Å². The topological polar surface area (TPSA) is 49.8 Å². The average Bonchev–Trinajstić information content (AvgIpc) is 2.57. The Morgan fingerprint density at radius 2 is 1.65 bits per heavy atom. The summed E-state index contributed by atoms with van der Waals surface area (Å²) in [5.74, 6) is 0.438. The molecule has 1 N–H and O–H groups in total. The number of para-hydroxylation sites is 1. The number of carboxylic acid groups (broad SMARTS) is 1. The van der Waals surface area contributed by atoms with Crippen LogP contribution in [0.3, 0.4) is 0 Å².